The number of rotatable bonds is 5. The predicted molar refractivity (Wildman–Crippen MR) is 103 cm³/mol. The summed E-state index contributed by atoms with van der Waals surface area (Å²) in [6.07, 6.45) is 1.48. The highest BCUT2D eigenvalue weighted by Gasteiger charge is 2.21. The van der Waals surface area contributed by atoms with Gasteiger partial charge in [-0.05, 0) is 37.1 Å². The van der Waals surface area contributed by atoms with Crippen LogP contribution in [0, 0.1) is 13.8 Å². The molecular formula is C19H21N3O3S. The molecule has 0 N–H and O–H groups in total. The van der Waals surface area contributed by atoms with Crippen molar-refractivity contribution >= 4 is 27.5 Å². The van der Waals surface area contributed by atoms with E-state index in [1.807, 2.05) is 31.2 Å². The van der Waals surface area contributed by atoms with E-state index in [9.17, 15) is 9.59 Å². The fraction of sp³-hybridized carbons (Fsp3) is 0.316. The van der Waals surface area contributed by atoms with Gasteiger partial charge in [-0.15, -0.1) is 11.3 Å². The van der Waals surface area contributed by atoms with Gasteiger partial charge in [0.1, 0.15) is 17.2 Å². The molecule has 0 fully saturated rings. The average Bonchev–Trinajstić information content (AvgIpc) is 2.95. The SMILES string of the molecule is Cc1cccc(OCCN(C)C(=O)c2sc3ncn(C)c(=O)c3c2C)c1. The number of benzene rings is 1. The van der Waals surface area contributed by atoms with Crippen LogP contribution in [0.2, 0.25) is 0 Å². The zero-order chi connectivity index (χ0) is 18.8. The molecule has 136 valence electrons. The molecule has 0 spiro atoms. The van der Waals surface area contributed by atoms with Crippen LogP contribution in [-0.4, -0.2) is 40.6 Å². The summed E-state index contributed by atoms with van der Waals surface area (Å²) in [5.41, 5.74) is 1.69. The van der Waals surface area contributed by atoms with Gasteiger partial charge in [0, 0.05) is 14.1 Å². The second kappa shape index (κ2) is 7.29. The van der Waals surface area contributed by atoms with Crippen LogP contribution >= 0.6 is 11.3 Å². The van der Waals surface area contributed by atoms with Crippen molar-refractivity contribution in [1.82, 2.24) is 14.5 Å². The third-order valence-corrected chi connectivity index (χ3v) is 5.42. The highest BCUT2D eigenvalue weighted by Crippen LogP contribution is 2.27. The van der Waals surface area contributed by atoms with Gasteiger partial charge in [0.15, 0.2) is 0 Å². The number of hydrogen-bond acceptors (Lipinski definition) is 5. The Kier molecular flexibility index (Phi) is 5.08. The maximum Gasteiger partial charge on any atom is 0.264 e. The Labute approximate surface area is 155 Å². The number of hydrogen-bond donors (Lipinski definition) is 0. The van der Waals surface area contributed by atoms with Crippen LogP contribution < -0.4 is 10.3 Å². The molecule has 0 unspecified atom stereocenters. The molecule has 3 rings (SSSR count). The van der Waals surface area contributed by atoms with Gasteiger partial charge in [0.2, 0.25) is 0 Å². The first-order chi connectivity index (χ1) is 12.4. The summed E-state index contributed by atoms with van der Waals surface area (Å²) in [5.74, 6) is 0.664. The van der Waals surface area contributed by atoms with Gasteiger partial charge in [-0.2, -0.15) is 0 Å². The number of likely N-dealkylation sites (N-methyl/N-ethyl adjacent to an activating group) is 1. The standard InChI is InChI=1S/C19H21N3O3S/c1-12-6-5-7-14(10-12)25-9-8-21(3)19(24)16-13(2)15-17(26-16)20-11-22(4)18(15)23/h5-7,10-11H,8-9H2,1-4H3. The van der Waals surface area contributed by atoms with Crippen molar-refractivity contribution < 1.29 is 9.53 Å². The number of nitrogens with zero attached hydrogens (tertiary/aromatic N) is 3. The van der Waals surface area contributed by atoms with Crippen molar-refractivity contribution in [3.05, 3.63) is 57.0 Å². The van der Waals surface area contributed by atoms with Gasteiger partial charge in [-0.3, -0.25) is 9.59 Å². The molecule has 1 amide bonds. The number of carbonyl (C=O) groups is 1. The molecular weight excluding hydrogens is 350 g/mol. The van der Waals surface area contributed by atoms with E-state index >= 15 is 0 Å². The quantitative estimate of drug-likeness (QED) is 0.692. The largest absolute Gasteiger partial charge is 0.492 e. The zero-order valence-electron chi connectivity index (χ0n) is 15.3. The lowest BCUT2D eigenvalue weighted by Crippen LogP contribution is -2.30. The molecule has 7 heteroatoms. The Morgan fingerprint density at radius 3 is 2.85 bits per heavy atom. The smallest absolute Gasteiger partial charge is 0.264 e. The van der Waals surface area contributed by atoms with Crippen LogP contribution in [0.1, 0.15) is 20.8 Å². The van der Waals surface area contributed by atoms with Crippen molar-refractivity contribution in [2.45, 2.75) is 13.8 Å². The maximum absolute atomic E-state index is 12.8. The Morgan fingerprint density at radius 1 is 1.35 bits per heavy atom. The van der Waals surface area contributed by atoms with Crippen LogP contribution in [0.5, 0.6) is 5.75 Å². The maximum atomic E-state index is 12.8. The zero-order valence-corrected chi connectivity index (χ0v) is 16.1. The van der Waals surface area contributed by atoms with Gasteiger partial charge < -0.3 is 14.2 Å². The summed E-state index contributed by atoms with van der Waals surface area (Å²) >= 11 is 1.26. The van der Waals surface area contributed by atoms with E-state index in [0.717, 1.165) is 11.3 Å². The number of carbonyl (C=O) groups excluding carboxylic acids is 1. The monoisotopic (exact) mass is 371 g/mol. The second-order valence-electron chi connectivity index (χ2n) is 6.29. The lowest BCUT2D eigenvalue weighted by Gasteiger charge is -2.17. The van der Waals surface area contributed by atoms with E-state index in [4.69, 9.17) is 4.74 Å². The summed E-state index contributed by atoms with van der Waals surface area (Å²) in [4.78, 5) is 32.1. The molecule has 2 aromatic heterocycles. The minimum absolute atomic E-state index is 0.125. The van der Waals surface area contributed by atoms with E-state index in [2.05, 4.69) is 4.98 Å². The van der Waals surface area contributed by atoms with E-state index < -0.39 is 0 Å². The van der Waals surface area contributed by atoms with Gasteiger partial charge in [-0.25, -0.2) is 4.98 Å². The molecule has 0 radical (unpaired) electrons. The summed E-state index contributed by atoms with van der Waals surface area (Å²) in [7, 11) is 3.39. The van der Waals surface area contributed by atoms with E-state index in [0.29, 0.717) is 33.8 Å². The van der Waals surface area contributed by atoms with Crippen molar-refractivity contribution in [3.63, 3.8) is 0 Å². The van der Waals surface area contributed by atoms with E-state index in [1.54, 1.807) is 25.9 Å². The van der Waals surface area contributed by atoms with Crippen molar-refractivity contribution in [3.8, 4) is 5.75 Å². The molecule has 26 heavy (non-hydrogen) atoms. The molecule has 2 heterocycles. The number of ether oxygens (including phenoxy) is 1. The number of aryl methyl sites for hydroxylation is 3. The average molecular weight is 371 g/mol. The second-order valence-corrected chi connectivity index (χ2v) is 7.29. The predicted octanol–water partition coefficient (Wildman–Crippen LogP) is 2.76. The highest BCUT2D eigenvalue weighted by molar-refractivity contribution is 7.20. The fourth-order valence-electron chi connectivity index (χ4n) is 2.69. The summed E-state index contributed by atoms with van der Waals surface area (Å²) < 4.78 is 7.14. The Balaban J connectivity index is 1.72. The first kappa shape index (κ1) is 18.1. The minimum Gasteiger partial charge on any atom is -0.492 e. The van der Waals surface area contributed by atoms with E-state index in [1.165, 1.54) is 22.2 Å². The number of aromatic nitrogens is 2. The van der Waals surface area contributed by atoms with Crippen molar-refractivity contribution in [2.24, 2.45) is 7.05 Å². The highest BCUT2D eigenvalue weighted by atomic mass is 32.1. The fourth-order valence-corrected chi connectivity index (χ4v) is 3.83. The molecule has 0 bridgehead atoms. The first-order valence-electron chi connectivity index (χ1n) is 8.28. The number of fused-ring (bicyclic) bond motifs is 1. The van der Waals surface area contributed by atoms with Crippen molar-refractivity contribution in [1.29, 1.82) is 0 Å². The summed E-state index contributed by atoms with van der Waals surface area (Å²) in [6, 6.07) is 7.80. The summed E-state index contributed by atoms with van der Waals surface area (Å²) in [6.45, 7) is 4.65. The molecule has 0 saturated heterocycles. The van der Waals surface area contributed by atoms with Crippen LogP contribution in [0.15, 0.2) is 35.4 Å². The van der Waals surface area contributed by atoms with Gasteiger partial charge in [0.05, 0.1) is 23.1 Å². The molecule has 1 aromatic carbocycles. The van der Waals surface area contributed by atoms with Crippen molar-refractivity contribution in [2.75, 3.05) is 20.2 Å². The molecule has 0 aliphatic carbocycles. The molecule has 0 aliphatic heterocycles. The topological polar surface area (TPSA) is 64.4 Å². The summed E-state index contributed by atoms with van der Waals surface area (Å²) in [5, 5.41) is 0.521. The minimum atomic E-state index is -0.131. The van der Waals surface area contributed by atoms with Gasteiger partial charge in [0.25, 0.3) is 11.5 Å². The molecule has 6 nitrogen and oxygen atoms in total. The Hall–Kier alpha value is -2.67. The van der Waals surface area contributed by atoms with Crippen LogP contribution in [-0.2, 0) is 7.05 Å². The lowest BCUT2D eigenvalue weighted by molar-refractivity contribution is 0.0778. The van der Waals surface area contributed by atoms with Gasteiger partial charge >= 0.3 is 0 Å². The third-order valence-electron chi connectivity index (χ3n) is 4.24. The molecule has 0 atom stereocenters. The molecule has 0 aliphatic rings. The normalized spacial score (nSPS) is 10.9. The third kappa shape index (κ3) is 3.48. The van der Waals surface area contributed by atoms with Crippen LogP contribution in [0.25, 0.3) is 10.2 Å². The number of thiophene rings is 1. The first-order valence-corrected chi connectivity index (χ1v) is 9.10. The van der Waals surface area contributed by atoms with E-state index in [-0.39, 0.29) is 11.5 Å². The Bertz CT molecular complexity index is 1020. The molecule has 0 saturated carbocycles. The van der Waals surface area contributed by atoms with Gasteiger partial charge in [-0.1, -0.05) is 12.1 Å². The van der Waals surface area contributed by atoms with Crippen LogP contribution in [0.4, 0.5) is 0 Å². The number of amides is 1. The Morgan fingerprint density at radius 2 is 2.12 bits per heavy atom. The lowest BCUT2D eigenvalue weighted by atomic mass is 10.2. The molecule has 3 aromatic rings. The van der Waals surface area contributed by atoms with Crippen LogP contribution in [0.3, 0.4) is 0 Å².